The van der Waals surface area contributed by atoms with Gasteiger partial charge >= 0.3 is 5.97 Å². The lowest BCUT2D eigenvalue weighted by Gasteiger charge is -1.98. The molecular weight excluding hydrogens is 244 g/mol. The number of nitrogens with two attached hydrogens (primary N) is 1. The topological polar surface area (TPSA) is 85.2 Å². The highest BCUT2D eigenvalue weighted by Gasteiger charge is 2.18. The predicted octanol–water partition coefficient (Wildman–Crippen LogP) is 2.00. The maximum absolute atomic E-state index is 12.2. The Bertz CT molecular complexity index is 602. The Morgan fingerprint density at radius 2 is 1.95 bits per heavy atom. The number of carbonyl (C=O) groups excluding carboxylic acids is 2. The summed E-state index contributed by atoms with van der Waals surface area (Å²) in [5.74, 6) is -0.621. The van der Waals surface area contributed by atoms with Crippen LogP contribution in [0.1, 0.15) is 33.3 Å². The van der Waals surface area contributed by atoms with Gasteiger partial charge in [-0.2, -0.15) is 0 Å². The molecule has 0 saturated carbocycles. The molecule has 0 unspecified atom stereocenters. The third-order valence-corrected chi connectivity index (χ3v) is 2.62. The SMILES string of the molecule is CCOC(=O)c1cc(C(=O)c2ccccc2)[nH]c1N. The second-order valence-corrected chi connectivity index (χ2v) is 3.93. The van der Waals surface area contributed by atoms with Crippen molar-refractivity contribution in [3.8, 4) is 0 Å². The number of aromatic nitrogens is 1. The normalized spacial score (nSPS) is 10.2. The number of rotatable bonds is 4. The highest BCUT2D eigenvalue weighted by Crippen LogP contribution is 2.17. The number of nitrogens with one attached hydrogen (secondary N) is 1. The minimum absolute atomic E-state index is 0.137. The number of hydrogen-bond donors (Lipinski definition) is 2. The number of ketones is 1. The molecule has 0 bridgehead atoms. The lowest BCUT2D eigenvalue weighted by Crippen LogP contribution is -2.06. The Labute approximate surface area is 110 Å². The van der Waals surface area contributed by atoms with Crippen molar-refractivity contribution in [3.05, 3.63) is 53.2 Å². The van der Waals surface area contributed by atoms with E-state index in [2.05, 4.69) is 4.98 Å². The van der Waals surface area contributed by atoms with Crippen molar-refractivity contribution in [2.24, 2.45) is 0 Å². The smallest absolute Gasteiger partial charge is 0.341 e. The van der Waals surface area contributed by atoms with Crippen LogP contribution in [0.3, 0.4) is 0 Å². The van der Waals surface area contributed by atoms with E-state index in [9.17, 15) is 9.59 Å². The van der Waals surface area contributed by atoms with Crippen molar-refractivity contribution < 1.29 is 14.3 Å². The largest absolute Gasteiger partial charge is 0.462 e. The standard InChI is InChI=1S/C14H14N2O3/c1-2-19-14(18)10-8-11(16-13(10)15)12(17)9-6-4-3-5-7-9/h3-8,16H,2,15H2,1H3. The van der Waals surface area contributed by atoms with Crippen molar-refractivity contribution in [1.29, 1.82) is 0 Å². The number of esters is 1. The summed E-state index contributed by atoms with van der Waals surface area (Å²) in [4.78, 5) is 26.5. The zero-order valence-electron chi connectivity index (χ0n) is 10.5. The van der Waals surface area contributed by atoms with Crippen molar-refractivity contribution >= 4 is 17.6 Å². The van der Waals surface area contributed by atoms with Crippen LogP contribution < -0.4 is 5.73 Å². The second kappa shape index (κ2) is 5.39. The van der Waals surface area contributed by atoms with Crippen LogP contribution in [0, 0.1) is 0 Å². The van der Waals surface area contributed by atoms with Gasteiger partial charge in [0.1, 0.15) is 11.4 Å². The van der Waals surface area contributed by atoms with Gasteiger partial charge in [-0.05, 0) is 13.0 Å². The monoisotopic (exact) mass is 258 g/mol. The number of nitrogen functional groups attached to an aromatic ring is 1. The maximum Gasteiger partial charge on any atom is 0.341 e. The second-order valence-electron chi connectivity index (χ2n) is 3.93. The summed E-state index contributed by atoms with van der Waals surface area (Å²) < 4.78 is 4.86. The Kier molecular flexibility index (Phi) is 3.66. The van der Waals surface area contributed by atoms with E-state index < -0.39 is 5.97 Å². The van der Waals surface area contributed by atoms with E-state index in [0.717, 1.165) is 0 Å². The third kappa shape index (κ3) is 2.65. The van der Waals surface area contributed by atoms with Crippen LogP contribution in [-0.4, -0.2) is 23.3 Å². The molecule has 0 saturated heterocycles. The summed E-state index contributed by atoms with van der Waals surface area (Å²) >= 11 is 0. The summed E-state index contributed by atoms with van der Waals surface area (Å²) in [5, 5.41) is 0. The molecule has 1 aromatic carbocycles. The van der Waals surface area contributed by atoms with Gasteiger partial charge < -0.3 is 15.5 Å². The van der Waals surface area contributed by atoms with Gasteiger partial charge in [0.25, 0.3) is 0 Å². The molecule has 0 atom stereocenters. The number of aromatic amines is 1. The molecule has 2 rings (SSSR count). The van der Waals surface area contributed by atoms with Crippen LogP contribution in [0.15, 0.2) is 36.4 Å². The summed E-state index contributed by atoms with van der Waals surface area (Å²) in [6, 6.07) is 10.2. The van der Waals surface area contributed by atoms with E-state index in [1.807, 2.05) is 6.07 Å². The molecule has 1 heterocycles. The molecule has 5 nitrogen and oxygen atoms in total. The number of ether oxygens (including phenoxy) is 1. The van der Waals surface area contributed by atoms with Gasteiger partial charge in [0.05, 0.1) is 12.3 Å². The van der Waals surface area contributed by atoms with Crippen molar-refractivity contribution in [2.75, 3.05) is 12.3 Å². The van der Waals surface area contributed by atoms with Gasteiger partial charge in [0.2, 0.25) is 5.78 Å². The van der Waals surface area contributed by atoms with Crippen molar-refractivity contribution in [1.82, 2.24) is 4.98 Å². The first-order valence-electron chi connectivity index (χ1n) is 5.88. The van der Waals surface area contributed by atoms with Crippen LogP contribution in [0.5, 0.6) is 0 Å². The maximum atomic E-state index is 12.2. The van der Waals surface area contributed by atoms with E-state index in [0.29, 0.717) is 5.56 Å². The summed E-state index contributed by atoms with van der Waals surface area (Å²) in [6.07, 6.45) is 0. The van der Waals surface area contributed by atoms with Crippen LogP contribution in [0.25, 0.3) is 0 Å². The molecule has 0 aliphatic heterocycles. The minimum Gasteiger partial charge on any atom is -0.462 e. The van der Waals surface area contributed by atoms with Gasteiger partial charge in [-0.3, -0.25) is 4.79 Å². The highest BCUT2D eigenvalue weighted by atomic mass is 16.5. The number of anilines is 1. The van der Waals surface area contributed by atoms with E-state index in [1.165, 1.54) is 6.07 Å². The van der Waals surface area contributed by atoms with Gasteiger partial charge in [-0.15, -0.1) is 0 Å². The molecule has 19 heavy (non-hydrogen) atoms. The lowest BCUT2D eigenvalue weighted by atomic mass is 10.1. The first-order chi connectivity index (χ1) is 9.13. The Morgan fingerprint density at radius 3 is 2.58 bits per heavy atom. The molecule has 2 aromatic rings. The highest BCUT2D eigenvalue weighted by molar-refractivity contribution is 6.10. The first-order valence-corrected chi connectivity index (χ1v) is 5.88. The quantitative estimate of drug-likeness (QED) is 0.648. The van der Waals surface area contributed by atoms with E-state index >= 15 is 0 Å². The molecule has 5 heteroatoms. The Morgan fingerprint density at radius 1 is 1.26 bits per heavy atom. The van der Waals surface area contributed by atoms with Crippen molar-refractivity contribution in [2.45, 2.75) is 6.92 Å². The van der Waals surface area contributed by atoms with E-state index in [1.54, 1.807) is 31.2 Å². The zero-order chi connectivity index (χ0) is 13.8. The Hall–Kier alpha value is -2.56. The third-order valence-electron chi connectivity index (χ3n) is 2.62. The molecule has 0 aliphatic rings. The fraction of sp³-hybridized carbons (Fsp3) is 0.143. The van der Waals surface area contributed by atoms with Crippen molar-refractivity contribution in [3.63, 3.8) is 0 Å². The van der Waals surface area contributed by atoms with Gasteiger partial charge in [-0.25, -0.2) is 4.79 Å². The minimum atomic E-state index is -0.539. The molecule has 3 N–H and O–H groups in total. The number of H-pyrrole nitrogens is 1. The molecule has 0 fully saturated rings. The fourth-order valence-electron chi connectivity index (χ4n) is 1.72. The molecule has 0 spiro atoms. The summed E-state index contributed by atoms with van der Waals surface area (Å²) in [7, 11) is 0. The molecule has 0 radical (unpaired) electrons. The number of benzene rings is 1. The van der Waals surface area contributed by atoms with Crippen LogP contribution in [0.2, 0.25) is 0 Å². The Balaban J connectivity index is 2.30. The van der Waals surface area contributed by atoms with Crippen LogP contribution in [-0.2, 0) is 4.74 Å². The van der Waals surface area contributed by atoms with Crippen LogP contribution >= 0.6 is 0 Å². The molecule has 98 valence electrons. The van der Waals surface area contributed by atoms with E-state index in [-0.39, 0.29) is 29.5 Å². The molecular formula is C14H14N2O3. The molecule has 0 amide bonds. The lowest BCUT2D eigenvalue weighted by molar-refractivity contribution is 0.0528. The number of carbonyl (C=O) groups is 2. The average molecular weight is 258 g/mol. The van der Waals surface area contributed by atoms with Gasteiger partial charge in [0.15, 0.2) is 0 Å². The first kappa shape index (κ1) is 12.9. The van der Waals surface area contributed by atoms with Gasteiger partial charge in [0, 0.05) is 5.56 Å². The van der Waals surface area contributed by atoms with Crippen LogP contribution in [0.4, 0.5) is 5.82 Å². The predicted molar refractivity (Wildman–Crippen MR) is 71.0 cm³/mol. The molecule has 1 aromatic heterocycles. The zero-order valence-corrected chi connectivity index (χ0v) is 10.5. The number of hydrogen-bond acceptors (Lipinski definition) is 4. The summed E-state index contributed by atoms with van der Waals surface area (Å²) in [6.45, 7) is 1.96. The fourth-order valence-corrected chi connectivity index (χ4v) is 1.72. The van der Waals surface area contributed by atoms with Gasteiger partial charge in [-0.1, -0.05) is 30.3 Å². The molecule has 0 aliphatic carbocycles. The average Bonchev–Trinajstić information content (AvgIpc) is 2.81. The van der Waals surface area contributed by atoms with E-state index in [4.69, 9.17) is 10.5 Å². The summed E-state index contributed by atoms with van der Waals surface area (Å²) in [5.41, 5.74) is 6.66.